The van der Waals surface area contributed by atoms with Crippen molar-refractivity contribution in [3.8, 4) is 17.9 Å². The van der Waals surface area contributed by atoms with Crippen LogP contribution >= 0.6 is 22.9 Å². The number of hydrogen-bond acceptors (Lipinski definition) is 3. The van der Waals surface area contributed by atoms with E-state index in [1.807, 2.05) is 6.07 Å². The molecule has 17 heavy (non-hydrogen) atoms. The average molecular weight is 262 g/mol. The molecule has 2 aromatic rings. The average Bonchev–Trinajstić information content (AvgIpc) is 2.72. The van der Waals surface area contributed by atoms with Crippen LogP contribution in [0.5, 0.6) is 0 Å². The van der Waals surface area contributed by atoms with E-state index in [-0.39, 0.29) is 5.56 Å². The lowest BCUT2D eigenvalue weighted by molar-refractivity contribution is 0.627. The fourth-order valence-electron chi connectivity index (χ4n) is 1.17. The highest BCUT2D eigenvalue weighted by Crippen LogP contribution is 2.14. The summed E-state index contributed by atoms with van der Waals surface area (Å²) < 4.78 is 13.5. The van der Waals surface area contributed by atoms with Gasteiger partial charge in [-0.15, -0.1) is 11.3 Å². The van der Waals surface area contributed by atoms with Crippen LogP contribution in [-0.4, -0.2) is 4.98 Å². The van der Waals surface area contributed by atoms with Gasteiger partial charge in [-0.05, 0) is 24.1 Å². The van der Waals surface area contributed by atoms with Crippen molar-refractivity contribution in [3.63, 3.8) is 0 Å². The van der Waals surface area contributed by atoms with Crippen LogP contribution in [0.1, 0.15) is 16.8 Å². The van der Waals surface area contributed by atoms with Crippen LogP contribution in [-0.2, 0) is 0 Å². The fraction of sp³-hybridized carbons (Fsp3) is 0. The van der Waals surface area contributed by atoms with E-state index in [1.165, 1.54) is 23.5 Å². The molecule has 0 N–H and O–H groups in total. The van der Waals surface area contributed by atoms with Gasteiger partial charge in [0.15, 0.2) is 4.47 Å². The van der Waals surface area contributed by atoms with Gasteiger partial charge in [-0.1, -0.05) is 17.5 Å². The van der Waals surface area contributed by atoms with Crippen molar-refractivity contribution in [2.75, 3.05) is 0 Å². The van der Waals surface area contributed by atoms with Gasteiger partial charge in [0.1, 0.15) is 11.5 Å². The summed E-state index contributed by atoms with van der Waals surface area (Å²) in [5.74, 6) is 5.00. The van der Waals surface area contributed by atoms with Crippen LogP contribution in [0.15, 0.2) is 23.6 Å². The number of aromatic nitrogens is 1. The van der Waals surface area contributed by atoms with Gasteiger partial charge in [0.05, 0.1) is 11.6 Å². The minimum atomic E-state index is -0.482. The summed E-state index contributed by atoms with van der Waals surface area (Å²) in [6.07, 6.45) is 0. The zero-order chi connectivity index (χ0) is 12.3. The maximum atomic E-state index is 13.1. The second-order valence-electron chi connectivity index (χ2n) is 3.08. The van der Waals surface area contributed by atoms with Gasteiger partial charge in [-0.3, -0.25) is 0 Å². The Morgan fingerprint density at radius 3 is 2.65 bits per heavy atom. The highest BCUT2D eigenvalue weighted by Gasteiger charge is 1.98. The van der Waals surface area contributed by atoms with Crippen LogP contribution in [0, 0.1) is 29.0 Å². The van der Waals surface area contributed by atoms with Crippen molar-refractivity contribution in [1.82, 2.24) is 4.98 Å². The Hall–Kier alpha value is -1.88. The van der Waals surface area contributed by atoms with E-state index in [4.69, 9.17) is 16.9 Å². The molecule has 0 fully saturated rings. The van der Waals surface area contributed by atoms with Crippen LogP contribution < -0.4 is 0 Å². The Morgan fingerprint density at radius 2 is 2.00 bits per heavy atom. The molecule has 1 aromatic carbocycles. The normalized spacial score (nSPS) is 9.24. The first-order valence-electron chi connectivity index (χ1n) is 4.51. The first-order valence-corrected chi connectivity index (χ1v) is 5.77. The summed E-state index contributed by atoms with van der Waals surface area (Å²) >= 11 is 6.93. The van der Waals surface area contributed by atoms with Gasteiger partial charge >= 0.3 is 0 Å². The van der Waals surface area contributed by atoms with E-state index in [0.717, 1.165) is 6.07 Å². The zero-order valence-corrected chi connectivity index (χ0v) is 9.94. The summed E-state index contributed by atoms with van der Waals surface area (Å²) in [5, 5.41) is 10.4. The van der Waals surface area contributed by atoms with E-state index in [0.29, 0.717) is 15.7 Å². The second-order valence-corrected chi connectivity index (χ2v) is 4.52. The smallest absolute Gasteiger partial charge is 0.184 e. The lowest BCUT2D eigenvalue weighted by atomic mass is 10.1. The molecule has 82 valence electrons. The molecule has 0 atom stereocenters. The number of hydrogen-bond donors (Lipinski definition) is 0. The van der Waals surface area contributed by atoms with Crippen LogP contribution in [0.2, 0.25) is 4.47 Å². The molecule has 1 aromatic heterocycles. The molecule has 0 radical (unpaired) electrons. The predicted molar refractivity (Wildman–Crippen MR) is 64.2 cm³/mol. The van der Waals surface area contributed by atoms with Gasteiger partial charge in [0.2, 0.25) is 0 Å². The molecule has 1 heterocycles. The molecule has 0 saturated carbocycles. The minimum Gasteiger partial charge on any atom is -0.216 e. The van der Waals surface area contributed by atoms with Crippen LogP contribution in [0.3, 0.4) is 0 Å². The van der Waals surface area contributed by atoms with Gasteiger partial charge in [0.25, 0.3) is 0 Å². The van der Waals surface area contributed by atoms with E-state index in [2.05, 4.69) is 16.8 Å². The SMILES string of the molecule is N#Cc1cc([18F])cc(C#Cc2csc(Cl)n2)c1. The van der Waals surface area contributed by atoms with Crippen LogP contribution in [0.4, 0.5) is 4.39 Å². The van der Waals surface area contributed by atoms with E-state index < -0.39 is 5.82 Å². The first kappa shape index (κ1) is 11.6. The summed E-state index contributed by atoms with van der Waals surface area (Å²) in [6.45, 7) is 0. The Balaban J connectivity index is 2.34. The zero-order valence-electron chi connectivity index (χ0n) is 8.37. The number of rotatable bonds is 0. The highest BCUT2D eigenvalue weighted by molar-refractivity contribution is 7.14. The maximum Gasteiger partial charge on any atom is 0.184 e. The Bertz CT molecular complexity index is 661. The highest BCUT2D eigenvalue weighted by atomic mass is 35.5. The standard InChI is InChI=1S/C12H4ClFN2S/c13-12-16-11(7-17-12)2-1-8-3-9(6-15)5-10(14)4-8/h3-5,7H/i14-1. The van der Waals surface area contributed by atoms with E-state index in [1.54, 1.807) is 5.38 Å². The molecule has 5 heteroatoms. The van der Waals surface area contributed by atoms with Crippen molar-refractivity contribution in [3.05, 3.63) is 50.7 Å². The third kappa shape index (κ3) is 3.04. The fourth-order valence-corrected chi connectivity index (χ4v) is 1.87. The minimum absolute atomic E-state index is 0.241. The molecule has 0 spiro atoms. The molecule has 0 saturated heterocycles. The number of nitriles is 1. The number of halogens is 2. The molecule has 0 amide bonds. The quantitative estimate of drug-likeness (QED) is 0.683. The topological polar surface area (TPSA) is 36.7 Å². The largest absolute Gasteiger partial charge is 0.216 e. The maximum absolute atomic E-state index is 13.1. The van der Waals surface area contributed by atoms with E-state index >= 15 is 0 Å². The first-order chi connectivity index (χ1) is 8.17. The van der Waals surface area contributed by atoms with Crippen molar-refractivity contribution in [2.24, 2.45) is 0 Å². The third-order valence-corrected chi connectivity index (χ3v) is 2.82. The lowest BCUT2D eigenvalue weighted by Crippen LogP contribution is -1.83. The molecule has 2 nitrogen and oxygen atoms in total. The molecule has 0 aliphatic heterocycles. The van der Waals surface area contributed by atoms with E-state index in [9.17, 15) is 4.39 Å². The molecular weight excluding hydrogens is 258 g/mol. The predicted octanol–water partition coefficient (Wildman–Crippen LogP) is 3.21. The third-order valence-electron chi connectivity index (χ3n) is 1.84. The molecule has 0 aliphatic rings. The van der Waals surface area contributed by atoms with Gasteiger partial charge in [0, 0.05) is 10.9 Å². The van der Waals surface area contributed by atoms with Crippen molar-refractivity contribution in [2.45, 2.75) is 0 Å². The summed E-state index contributed by atoms with van der Waals surface area (Å²) in [5.41, 5.74) is 1.21. The number of benzene rings is 1. The van der Waals surface area contributed by atoms with Gasteiger partial charge in [-0.25, -0.2) is 9.37 Å². The molecule has 0 unspecified atom stereocenters. The van der Waals surface area contributed by atoms with Gasteiger partial charge < -0.3 is 0 Å². The second kappa shape index (κ2) is 4.97. The van der Waals surface area contributed by atoms with Crippen molar-refractivity contribution in [1.29, 1.82) is 5.26 Å². The molecule has 2 rings (SSSR count). The molecular formula is C12H4ClFN2S. The molecule has 0 aliphatic carbocycles. The summed E-state index contributed by atoms with van der Waals surface area (Å²) in [6, 6.07) is 5.81. The lowest BCUT2D eigenvalue weighted by Gasteiger charge is -1.92. The van der Waals surface area contributed by atoms with Crippen molar-refractivity contribution < 1.29 is 4.39 Å². The number of nitrogens with zero attached hydrogens (tertiary/aromatic N) is 2. The summed E-state index contributed by atoms with van der Waals surface area (Å²) in [4.78, 5) is 3.94. The van der Waals surface area contributed by atoms with Gasteiger partial charge in [-0.2, -0.15) is 5.26 Å². The van der Waals surface area contributed by atoms with Crippen LogP contribution in [0.25, 0.3) is 0 Å². The summed E-state index contributed by atoms with van der Waals surface area (Å²) in [7, 11) is 0. The number of thiazole rings is 1. The molecule has 0 bridgehead atoms. The monoisotopic (exact) mass is 261 g/mol. The Kier molecular flexibility index (Phi) is 3.39. The Labute approximate surface area is 106 Å². The van der Waals surface area contributed by atoms with Crippen molar-refractivity contribution >= 4 is 22.9 Å². The Morgan fingerprint density at radius 1 is 1.24 bits per heavy atom.